The Balaban J connectivity index is 2.11. The summed E-state index contributed by atoms with van der Waals surface area (Å²) in [5.41, 5.74) is 0.0294. The normalized spacial score (nSPS) is 11.1. The number of aromatic nitrogens is 2. The van der Waals surface area contributed by atoms with Gasteiger partial charge in [0.05, 0.1) is 39.6 Å². The molecule has 1 heterocycles. The van der Waals surface area contributed by atoms with Crippen LogP contribution in [0.5, 0.6) is 0 Å². The standard InChI is InChI=1S/C13H24N2O4/c1-3-4-14-5-6-15(13(14)16)7-8-18-11-12-19-10-9-17-2/h5-6H,3-4,7-12H2,1-2H3. The first-order valence-electron chi connectivity index (χ1n) is 6.69. The molecule has 19 heavy (non-hydrogen) atoms. The van der Waals surface area contributed by atoms with E-state index >= 15 is 0 Å². The van der Waals surface area contributed by atoms with E-state index in [1.807, 2.05) is 6.20 Å². The first-order valence-corrected chi connectivity index (χ1v) is 6.69. The fraction of sp³-hybridized carbons (Fsp3) is 0.769. The first kappa shape index (κ1) is 15.9. The third-order valence-corrected chi connectivity index (χ3v) is 2.66. The Labute approximate surface area is 113 Å². The van der Waals surface area contributed by atoms with Gasteiger partial charge in [0.1, 0.15) is 0 Å². The lowest BCUT2D eigenvalue weighted by atomic mass is 10.5. The molecule has 0 spiro atoms. The van der Waals surface area contributed by atoms with E-state index < -0.39 is 0 Å². The maximum Gasteiger partial charge on any atom is 0.328 e. The molecule has 0 atom stereocenters. The molecule has 1 aromatic heterocycles. The predicted molar refractivity (Wildman–Crippen MR) is 72.5 cm³/mol. The summed E-state index contributed by atoms with van der Waals surface area (Å²) >= 11 is 0. The van der Waals surface area contributed by atoms with Gasteiger partial charge in [0.15, 0.2) is 0 Å². The van der Waals surface area contributed by atoms with Crippen molar-refractivity contribution in [1.29, 1.82) is 0 Å². The summed E-state index contributed by atoms with van der Waals surface area (Å²) in [4.78, 5) is 11.8. The van der Waals surface area contributed by atoms with Crippen LogP contribution in [-0.2, 0) is 27.3 Å². The van der Waals surface area contributed by atoms with Crippen LogP contribution in [0.4, 0.5) is 0 Å². The summed E-state index contributed by atoms with van der Waals surface area (Å²) in [6, 6.07) is 0. The van der Waals surface area contributed by atoms with Gasteiger partial charge in [0.25, 0.3) is 0 Å². The van der Waals surface area contributed by atoms with Crippen molar-refractivity contribution < 1.29 is 14.2 Å². The zero-order valence-corrected chi connectivity index (χ0v) is 11.8. The van der Waals surface area contributed by atoms with E-state index in [0.717, 1.165) is 13.0 Å². The van der Waals surface area contributed by atoms with Gasteiger partial charge in [-0.25, -0.2) is 4.79 Å². The minimum Gasteiger partial charge on any atom is -0.382 e. The molecule has 1 aromatic rings. The van der Waals surface area contributed by atoms with Crippen LogP contribution < -0.4 is 5.69 Å². The van der Waals surface area contributed by atoms with Crippen LogP contribution >= 0.6 is 0 Å². The van der Waals surface area contributed by atoms with Crippen molar-refractivity contribution >= 4 is 0 Å². The number of ether oxygens (including phenoxy) is 3. The van der Waals surface area contributed by atoms with Gasteiger partial charge < -0.3 is 14.2 Å². The molecule has 110 valence electrons. The highest BCUT2D eigenvalue weighted by molar-refractivity contribution is 4.81. The Morgan fingerprint density at radius 3 is 2.16 bits per heavy atom. The van der Waals surface area contributed by atoms with Crippen LogP contribution in [0.1, 0.15) is 13.3 Å². The van der Waals surface area contributed by atoms with E-state index in [1.54, 1.807) is 22.4 Å². The van der Waals surface area contributed by atoms with Gasteiger partial charge in [-0.1, -0.05) is 6.92 Å². The average molecular weight is 272 g/mol. The molecule has 0 aliphatic heterocycles. The van der Waals surface area contributed by atoms with Crippen molar-refractivity contribution in [3.05, 3.63) is 22.9 Å². The zero-order valence-electron chi connectivity index (χ0n) is 11.8. The Morgan fingerprint density at radius 1 is 0.947 bits per heavy atom. The molecule has 0 aliphatic carbocycles. The molecular weight excluding hydrogens is 248 g/mol. The summed E-state index contributed by atoms with van der Waals surface area (Å²) in [5.74, 6) is 0. The third-order valence-electron chi connectivity index (χ3n) is 2.66. The fourth-order valence-corrected chi connectivity index (χ4v) is 1.66. The highest BCUT2D eigenvalue weighted by atomic mass is 16.5. The minimum absolute atomic E-state index is 0.0294. The lowest BCUT2D eigenvalue weighted by Gasteiger charge is -2.05. The summed E-state index contributed by atoms with van der Waals surface area (Å²) in [6.45, 7) is 6.18. The number of nitrogens with zero attached hydrogens (tertiary/aromatic N) is 2. The Hall–Kier alpha value is -1.11. The second kappa shape index (κ2) is 9.77. The van der Waals surface area contributed by atoms with Crippen molar-refractivity contribution in [1.82, 2.24) is 9.13 Å². The Morgan fingerprint density at radius 2 is 1.53 bits per heavy atom. The topological polar surface area (TPSA) is 54.6 Å². The maximum absolute atomic E-state index is 11.8. The molecule has 0 bridgehead atoms. The molecule has 6 heteroatoms. The van der Waals surface area contributed by atoms with Crippen LogP contribution in [0.25, 0.3) is 0 Å². The number of rotatable bonds is 11. The summed E-state index contributed by atoms with van der Waals surface area (Å²) < 4.78 is 18.9. The molecule has 0 saturated heterocycles. The van der Waals surface area contributed by atoms with Gasteiger partial charge in [-0.05, 0) is 6.42 Å². The van der Waals surface area contributed by atoms with Crippen LogP contribution in [0.2, 0.25) is 0 Å². The van der Waals surface area contributed by atoms with Crippen molar-refractivity contribution in [2.45, 2.75) is 26.4 Å². The molecule has 0 radical (unpaired) electrons. The molecule has 0 aliphatic rings. The molecule has 1 rings (SSSR count). The van der Waals surface area contributed by atoms with E-state index in [2.05, 4.69) is 6.92 Å². The SMILES string of the molecule is CCCn1ccn(CCOCCOCCOC)c1=O. The third kappa shape index (κ3) is 6.04. The van der Waals surface area contributed by atoms with Crippen LogP contribution in [0.3, 0.4) is 0 Å². The monoisotopic (exact) mass is 272 g/mol. The smallest absolute Gasteiger partial charge is 0.328 e. The molecule has 0 aromatic carbocycles. The Kier molecular flexibility index (Phi) is 8.20. The zero-order chi connectivity index (χ0) is 13.9. The van der Waals surface area contributed by atoms with Crippen LogP contribution in [-0.4, -0.2) is 49.3 Å². The lowest BCUT2D eigenvalue weighted by Crippen LogP contribution is -2.25. The number of aryl methyl sites for hydroxylation is 1. The predicted octanol–water partition coefficient (Wildman–Crippen LogP) is 0.739. The second-order valence-corrected chi connectivity index (χ2v) is 4.19. The summed E-state index contributed by atoms with van der Waals surface area (Å²) in [5, 5.41) is 0. The summed E-state index contributed by atoms with van der Waals surface area (Å²) in [6.07, 6.45) is 4.58. The van der Waals surface area contributed by atoms with Crippen LogP contribution in [0, 0.1) is 0 Å². The highest BCUT2D eigenvalue weighted by Crippen LogP contribution is 1.89. The van der Waals surface area contributed by atoms with Crippen molar-refractivity contribution in [3.8, 4) is 0 Å². The average Bonchev–Trinajstić information content (AvgIpc) is 2.75. The second-order valence-electron chi connectivity index (χ2n) is 4.19. The number of hydrogen-bond acceptors (Lipinski definition) is 4. The van der Waals surface area contributed by atoms with E-state index in [1.165, 1.54) is 0 Å². The molecule has 6 nitrogen and oxygen atoms in total. The molecule has 0 unspecified atom stereocenters. The number of imidazole rings is 1. The van der Waals surface area contributed by atoms with Crippen molar-refractivity contribution in [2.75, 3.05) is 40.1 Å². The largest absolute Gasteiger partial charge is 0.382 e. The van der Waals surface area contributed by atoms with E-state index in [-0.39, 0.29) is 5.69 Å². The van der Waals surface area contributed by atoms with E-state index in [0.29, 0.717) is 39.6 Å². The number of methoxy groups -OCH3 is 1. The first-order chi connectivity index (χ1) is 9.29. The lowest BCUT2D eigenvalue weighted by molar-refractivity contribution is 0.0229. The minimum atomic E-state index is 0.0294. The maximum atomic E-state index is 11.8. The number of hydrogen-bond donors (Lipinski definition) is 0. The van der Waals surface area contributed by atoms with Gasteiger partial charge in [-0.3, -0.25) is 9.13 Å². The molecular formula is C13H24N2O4. The van der Waals surface area contributed by atoms with Gasteiger partial charge in [-0.2, -0.15) is 0 Å². The van der Waals surface area contributed by atoms with E-state index in [9.17, 15) is 4.79 Å². The van der Waals surface area contributed by atoms with Crippen molar-refractivity contribution in [2.24, 2.45) is 0 Å². The van der Waals surface area contributed by atoms with Crippen LogP contribution in [0.15, 0.2) is 17.2 Å². The molecule has 0 N–H and O–H groups in total. The molecule has 0 amide bonds. The quantitative estimate of drug-likeness (QED) is 0.558. The fourth-order valence-electron chi connectivity index (χ4n) is 1.66. The molecule has 0 saturated carbocycles. The Bertz CT molecular complexity index is 386. The highest BCUT2D eigenvalue weighted by Gasteiger charge is 2.01. The van der Waals surface area contributed by atoms with Gasteiger partial charge in [0, 0.05) is 26.0 Å². The van der Waals surface area contributed by atoms with E-state index in [4.69, 9.17) is 14.2 Å². The summed E-state index contributed by atoms with van der Waals surface area (Å²) in [7, 11) is 1.64. The van der Waals surface area contributed by atoms with Gasteiger partial charge >= 0.3 is 5.69 Å². The van der Waals surface area contributed by atoms with Gasteiger partial charge in [0.2, 0.25) is 0 Å². The van der Waals surface area contributed by atoms with Crippen molar-refractivity contribution in [3.63, 3.8) is 0 Å². The molecule has 0 fully saturated rings. The van der Waals surface area contributed by atoms with Gasteiger partial charge in [-0.15, -0.1) is 0 Å².